The summed E-state index contributed by atoms with van der Waals surface area (Å²) in [6.07, 6.45) is 1.94. The molecule has 0 unspecified atom stereocenters. The lowest BCUT2D eigenvalue weighted by Gasteiger charge is -2.27. The molecule has 2 rings (SSSR count). The maximum Gasteiger partial charge on any atom is 0.0521 e. The highest BCUT2D eigenvalue weighted by Crippen LogP contribution is 2.21. The number of hydrogen-bond donors (Lipinski definition) is 1. The molecule has 0 spiro atoms. The second-order valence-electron chi connectivity index (χ2n) is 3.19. The van der Waals surface area contributed by atoms with Gasteiger partial charge in [0.15, 0.2) is 0 Å². The predicted octanol–water partition coefficient (Wildman–Crippen LogP) is 1.26. The fourth-order valence-corrected chi connectivity index (χ4v) is 1.62. The van der Waals surface area contributed by atoms with Gasteiger partial charge < -0.3 is 5.32 Å². The molecule has 0 aliphatic carbocycles. The Morgan fingerprint density at radius 2 is 2.08 bits per heavy atom. The molecule has 13 heavy (non-hydrogen) atoms. The summed E-state index contributed by atoms with van der Waals surface area (Å²) in [5.41, 5.74) is 2.71. The lowest BCUT2D eigenvalue weighted by molar-refractivity contribution is 0.423. The summed E-state index contributed by atoms with van der Waals surface area (Å²) in [5, 5.41) is 7.47. The zero-order valence-corrected chi connectivity index (χ0v) is 9.41. The van der Waals surface area contributed by atoms with Gasteiger partial charge in [-0.3, -0.25) is 4.68 Å². The molecule has 1 N–H and O–H groups in total. The Hall–Kier alpha value is -0.250. The van der Waals surface area contributed by atoms with Crippen LogP contribution in [0.15, 0.2) is 6.20 Å². The minimum absolute atomic E-state index is 0. The van der Waals surface area contributed by atoms with Gasteiger partial charge in [-0.2, -0.15) is 5.10 Å². The third-order valence-corrected chi connectivity index (χ3v) is 2.35. The van der Waals surface area contributed by atoms with Crippen LogP contribution in [-0.2, 0) is 7.05 Å². The van der Waals surface area contributed by atoms with E-state index in [9.17, 15) is 0 Å². The summed E-state index contributed by atoms with van der Waals surface area (Å²) >= 11 is 0. The highest BCUT2D eigenvalue weighted by atomic mass is 35.5. The van der Waals surface area contributed by atoms with Crippen LogP contribution in [-0.4, -0.2) is 22.9 Å². The minimum Gasteiger partial charge on any atom is -0.315 e. The van der Waals surface area contributed by atoms with E-state index in [2.05, 4.69) is 17.3 Å². The summed E-state index contributed by atoms with van der Waals surface area (Å²) in [6.45, 7) is 4.35. The van der Waals surface area contributed by atoms with Gasteiger partial charge >= 0.3 is 0 Å². The van der Waals surface area contributed by atoms with Crippen LogP contribution in [0, 0.1) is 6.92 Å². The average molecular weight is 224 g/mol. The summed E-state index contributed by atoms with van der Waals surface area (Å²) < 4.78 is 1.99. The maximum absolute atomic E-state index is 4.21. The fourth-order valence-electron chi connectivity index (χ4n) is 1.62. The van der Waals surface area contributed by atoms with Crippen molar-refractivity contribution in [3.63, 3.8) is 0 Å². The lowest BCUT2D eigenvalue weighted by atomic mass is 9.97. The van der Waals surface area contributed by atoms with Crippen molar-refractivity contribution in [3.05, 3.63) is 17.5 Å². The molecule has 0 amide bonds. The molecule has 1 aliphatic rings. The van der Waals surface area contributed by atoms with Crippen molar-refractivity contribution >= 4 is 24.8 Å². The Bertz CT molecular complexity index is 249. The highest BCUT2D eigenvalue weighted by Gasteiger charge is 2.23. The van der Waals surface area contributed by atoms with Gasteiger partial charge in [0.2, 0.25) is 0 Å². The smallest absolute Gasteiger partial charge is 0.0521 e. The van der Waals surface area contributed by atoms with E-state index in [-0.39, 0.29) is 24.8 Å². The molecule has 1 aromatic rings. The summed E-state index contributed by atoms with van der Waals surface area (Å²) in [6, 6.07) is 0. The minimum atomic E-state index is 0. The predicted molar refractivity (Wildman–Crippen MR) is 58.1 cm³/mol. The average Bonchev–Trinajstić information content (AvgIpc) is 2.15. The van der Waals surface area contributed by atoms with Gasteiger partial charge in [0.05, 0.1) is 6.20 Å². The Balaban J connectivity index is 0.000000720. The van der Waals surface area contributed by atoms with E-state index in [1.165, 1.54) is 11.3 Å². The first kappa shape index (κ1) is 12.8. The molecular formula is C8H15Cl2N3. The molecule has 1 saturated heterocycles. The number of rotatable bonds is 1. The maximum atomic E-state index is 4.21. The summed E-state index contributed by atoms with van der Waals surface area (Å²) in [5.74, 6) is 0.697. The Morgan fingerprint density at radius 1 is 1.46 bits per heavy atom. The molecule has 2 heterocycles. The standard InChI is InChI=1S/C8H13N3.2ClH/c1-6-3-10-11(2)8(6)7-4-9-5-7;;/h3,7,9H,4-5H2,1-2H3;2*1H. The molecule has 1 aliphatic heterocycles. The van der Waals surface area contributed by atoms with Crippen molar-refractivity contribution in [1.82, 2.24) is 15.1 Å². The molecule has 0 aromatic carbocycles. The summed E-state index contributed by atoms with van der Waals surface area (Å²) in [7, 11) is 2.01. The van der Waals surface area contributed by atoms with Gasteiger partial charge in [0.25, 0.3) is 0 Å². The van der Waals surface area contributed by atoms with Gasteiger partial charge in [-0.15, -0.1) is 24.8 Å². The van der Waals surface area contributed by atoms with Crippen LogP contribution >= 0.6 is 24.8 Å². The van der Waals surface area contributed by atoms with Crippen LogP contribution in [0.1, 0.15) is 17.2 Å². The molecule has 0 bridgehead atoms. The van der Waals surface area contributed by atoms with Crippen LogP contribution in [0.5, 0.6) is 0 Å². The molecule has 0 atom stereocenters. The van der Waals surface area contributed by atoms with E-state index in [4.69, 9.17) is 0 Å². The van der Waals surface area contributed by atoms with E-state index in [1.54, 1.807) is 0 Å². The lowest BCUT2D eigenvalue weighted by Crippen LogP contribution is -2.41. The van der Waals surface area contributed by atoms with Gasteiger partial charge in [-0.05, 0) is 12.5 Å². The third-order valence-electron chi connectivity index (χ3n) is 2.35. The van der Waals surface area contributed by atoms with Crippen LogP contribution in [0.4, 0.5) is 0 Å². The van der Waals surface area contributed by atoms with E-state index in [0.717, 1.165) is 13.1 Å². The van der Waals surface area contributed by atoms with E-state index >= 15 is 0 Å². The van der Waals surface area contributed by atoms with Gasteiger partial charge in [0, 0.05) is 31.7 Å². The van der Waals surface area contributed by atoms with Crippen molar-refractivity contribution in [1.29, 1.82) is 0 Å². The Labute approximate surface area is 90.7 Å². The number of aromatic nitrogens is 2. The first-order valence-corrected chi connectivity index (χ1v) is 3.98. The zero-order valence-electron chi connectivity index (χ0n) is 7.78. The van der Waals surface area contributed by atoms with Gasteiger partial charge in [-0.1, -0.05) is 0 Å². The monoisotopic (exact) mass is 223 g/mol. The normalized spacial score (nSPS) is 15.5. The first-order valence-electron chi connectivity index (χ1n) is 3.98. The van der Waals surface area contributed by atoms with Crippen molar-refractivity contribution < 1.29 is 0 Å². The zero-order chi connectivity index (χ0) is 7.84. The number of nitrogens with zero attached hydrogens (tertiary/aromatic N) is 2. The fraction of sp³-hybridized carbons (Fsp3) is 0.625. The largest absolute Gasteiger partial charge is 0.315 e. The van der Waals surface area contributed by atoms with E-state index in [0.29, 0.717) is 5.92 Å². The number of halogens is 2. The van der Waals surface area contributed by atoms with Crippen LogP contribution < -0.4 is 5.32 Å². The van der Waals surface area contributed by atoms with Crippen molar-refractivity contribution in [2.24, 2.45) is 7.05 Å². The molecule has 1 aromatic heterocycles. The highest BCUT2D eigenvalue weighted by molar-refractivity contribution is 5.85. The second kappa shape index (κ2) is 4.84. The number of hydrogen-bond acceptors (Lipinski definition) is 2. The van der Waals surface area contributed by atoms with Gasteiger partial charge in [-0.25, -0.2) is 0 Å². The van der Waals surface area contributed by atoms with Crippen LogP contribution in [0.25, 0.3) is 0 Å². The van der Waals surface area contributed by atoms with E-state index in [1.807, 2.05) is 17.9 Å². The molecule has 3 nitrogen and oxygen atoms in total. The summed E-state index contributed by atoms with van der Waals surface area (Å²) in [4.78, 5) is 0. The van der Waals surface area contributed by atoms with Crippen molar-refractivity contribution in [2.75, 3.05) is 13.1 Å². The molecule has 76 valence electrons. The van der Waals surface area contributed by atoms with Gasteiger partial charge in [0.1, 0.15) is 0 Å². The van der Waals surface area contributed by atoms with E-state index < -0.39 is 0 Å². The molecule has 1 fully saturated rings. The Kier molecular flexibility index (Phi) is 4.75. The van der Waals surface area contributed by atoms with Crippen molar-refractivity contribution in [2.45, 2.75) is 12.8 Å². The number of nitrogens with one attached hydrogen (secondary N) is 1. The van der Waals surface area contributed by atoms with Crippen LogP contribution in [0.3, 0.4) is 0 Å². The number of aryl methyl sites for hydroxylation is 2. The molecule has 0 radical (unpaired) electrons. The topological polar surface area (TPSA) is 29.9 Å². The van der Waals surface area contributed by atoms with Crippen LogP contribution in [0.2, 0.25) is 0 Å². The third kappa shape index (κ3) is 2.16. The van der Waals surface area contributed by atoms with Crippen molar-refractivity contribution in [3.8, 4) is 0 Å². The SMILES string of the molecule is Cc1cnn(C)c1C1CNC1.Cl.Cl. The molecule has 0 saturated carbocycles. The first-order chi connectivity index (χ1) is 5.29. The quantitative estimate of drug-likeness (QED) is 0.778. The second-order valence-corrected chi connectivity index (χ2v) is 3.19. The Morgan fingerprint density at radius 3 is 2.38 bits per heavy atom. The molecule has 5 heteroatoms. The molecular weight excluding hydrogens is 209 g/mol.